The average Bonchev–Trinajstić information content (AvgIpc) is 3.16. The number of nitro groups is 1. The quantitative estimate of drug-likeness (QED) is 0.435. The van der Waals surface area contributed by atoms with Crippen molar-refractivity contribution in [1.29, 1.82) is 0 Å². The van der Waals surface area contributed by atoms with Crippen LogP contribution in [0, 0.1) is 10.1 Å². The van der Waals surface area contributed by atoms with E-state index in [2.05, 4.69) is 10.5 Å². The normalized spacial score (nSPS) is 14.9. The smallest absolute Gasteiger partial charge is 0.273 e. The predicted molar refractivity (Wildman–Crippen MR) is 100 cm³/mol. The molecule has 0 radical (unpaired) electrons. The van der Waals surface area contributed by atoms with Crippen molar-refractivity contribution in [3.05, 3.63) is 46.2 Å². The number of methoxy groups -OCH3 is 1. The van der Waals surface area contributed by atoms with Gasteiger partial charge in [-0.2, -0.15) is 5.10 Å². The number of rotatable bonds is 7. The van der Waals surface area contributed by atoms with E-state index in [9.17, 15) is 14.9 Å². The summed E-state index contributed by atoms with van der Waals surface area (Å²) in [5.41, 5.74) is 2.96. The van der Waals surface area contributed by atoms with Crippen LogP contribution in [0.25, 0.3) is 11.3 Å². The Hall–Kier alpha value is -3.24. The van der Waals surface area contributed by atoms with Crippen molar-refractivity contribution in [1.82, 2.24) is 10.3 Å². The number of amides is 1. The first kappa shape index (κ1) is 19.5. The van der Waals surface area contributed by atoms with E-state index in [1.807, 2.05) is 4.90 Å². The van der Waals surface area contributed by atoms with Gasteiger partial charge in [-0.05, 0) is 18.2 Å². The molecular formula is C18H20N4O6. The molecule has 1 aromatic heterocycles. The second-order valence-corrected chi connectivity index (χ2v) is 6.03. The maximum atomic E-state index is 11.9. The number of benzene rings is 1. The number of morpholine rings is 1. The van der Waals surface area contributed by atoms with E-state index < -0.39 is 4.92 Å². The minimum atomic E-state index is -0.494. The number of hydrogen-bond acceptors (Lipinski definition) is 8. The molecule has 1 aromatic carbocycles. The Balaban J connectivity index is 1.61. The fourth-order valence-electron chi connectivity index (χ4n) is 2.73. The topological polar surface area (TPSA) is 119 Å². The molecular weight excluding hydrogens is 368 g/mol. The molecule has 1 saturated heterocycles. The van der Waals surface area contributed by atoms with Crippen LogP contribution in [0.5, 0.6) is 5.75 Å². The molecule has 0 spiro atoms. The van der Waals surface area contributed by atoms with Crippen molar-refractivity contribution in [3.8, 4) is 17.1 Å². The molecule has 0 saturated carbocycles. The third-order valence-electron chi connectivity index (χ3n) is 4.14. The van der Waals surface area contributed by atoms with Crippen LogP contribution in [0.4, 0.5) is 5.69 Å². The highest BCUT2D eigenvalue weighted by atomic mass is 16.6. The van der Waals surface area contributed by atoms with Crippen LogP contribution in [-0.2, 0) is 9.53 Å². The number of carbonyl (C=O) groups is 1. The van der Waals surface area contributed by atoms with Crippen LogP contribution in [0.2, 0.25) is 0 Å². The Morgan fingerprint density at radius 3 is 2.86 bits per heavy atom. The van der Waals surface area contributed by atoms with Gasteiger partial charge in [0.1, 0.15) is 17.3 Å². The van der Waals surface area contributed by atoms with Gasteiger partial charge in [0, 0.05) is 19.2 Å². The van der Waals surface area contributed by atoms with E-state index in [1.165, 1.54) is 25.5 Å². The third kappa shape index (κ3) is 4.93. The van der Waals surface area contributed by atoms with Crippen LogP contribution in [0.3, 0.4) is 0 Å². The van der Waals surface area contributed by atoms with Crippen LogP contribution in [0.15, 0.2) is 39.9 Å². The second kappa shape index (κ2) is 9.11. The first-order chi connectivity index (χ1) is 13.6. The lowest BCUT2D eigenvalue weighted by atomic mass is 10.1. The zero-order chi connectivity index (χ0) is 19.9. The van der Waals surface area contributed by atoms with Crippen molar-refractivity contribution in [2.24, 2.45) is 5.10 Å². The molecule has 1 N–H and O–H groups in total. The summed E-state index contributed by atoms with van der Waals surface area (Å²) in [6.45, 7) is 2.94. The molecule has 1 fully saturated rings. The first-order valence-corrected chi connectivity index (χ1v) is 8.61. The maximum absolute atomic E-state index is 11.9. The SMILES string of the molecule is COc1cc([N+](=O)[O-])ccc1-c1ccc(/C=N\NC(=O)CN2CCOCC2)o1. The van der Waals surface area contributed by atoms with E-state index in [-0.39, 0.29) is 18.1 Å². The Morgan fingerprint density at radius 1 is 1.36 bits per heavy atom. The van der Waals surface area contributed by atoms with Crippen LogP contribution in [-0.4, -0.2) is 61.9 Å². The van der Waals surface area contributed by atoms with E-state index in [4.69, 9.17) is 13.9 Å². The fraction of sp³-hybridized carbons (Fsp3) is 0.333. The van der Waals surface area contributed by atoms with E-state index in [1.54, 1.807) is 18.2 Å². The van der Waals surface area contributed by atoms with Gasteiger partial charge >= 0.3 is 0 Å². The Bertz CT molecular complexity index is 873. The summed E-state index contributed by atoms with van der Waals surface area (Å²) < 4.78 is 16.1. The molecule has 148 valence electrons. The molecule has 10 heteroatoms. The van der Waals surface area contributed by atoms with E-state index >= 15 is 0 Å². The fourth-order valence-corrected chi connectivity index (χ4v) is 2.73. The van der Waals surface area contributed by atoms with Crippen LogP contribution >= 0.6 is 0 Å². The second-order valence-electron chi connectivity index (χ2n) is 6.03. The van der Waals surface area contributed by atoms with Gasteiger partial charge in [-0.1, -0.05) is 0 Å². The van der Waals surface area contributed by atoms with Crippen molar-refractivity contribution >= 4 is 17.8 Å². The average molecular weight is 388 g/mol. The van der Waals surface area contributed by atoms with Crippen molar-refractivity contribution in [2.75, 3.05) is 40.0 Å². The number of carbonyl (C=O) groups excluding carboxylic acids is 1. The van der Waals surface area contributed by atoms with Gasteiger partial charge in [0.05, 0.1) is 49.6 Å². The monoisotopic (exact) mass is 388 g/mol. The summed E-state index contributed by atoms with van der Waals surface area (Å²) in [6.07, 6.45) is 1.39. The largest absolute Gasteiger partial charge is 0.496 e. The lowest BCUT2D eigenvalue weighted by molar-refractivity contribution is -0.384. The standard InChI is InChI=1S/C18H20N4O6/c1-26-17-10-13(22(24)25)2-4-15(17)16-5-3-14(28-16)11-19-20-18(23)12-21-6-8-27-9-7-21/h2-5,10-11H,6-9,12H2,1H3,(H,20,23)/b19-11-. The summed E-state index contributed by atoms with van der Waals surface area (Å²) in [5, 5.41) is 14.8. The van der Waals surface area contributed by atoms with Gasteiger partial charge in [-0.25, -0.2) is 5.43 Å². The maximum Gasteiger partial charge on any atom is 0.273 e. The number of hydrogen-bond donors (Lipinski definition) is 1. The van der Waals surface area contributed by atoms with E-state index in [0.717, 1.165) is 13.1 Å². The number of ether oxygens (including phenoxy) is 2. The minimum absolute atomic E-state index is 0.0723. The van der Waals surface area contributed by atoms with Crippen LogP contribution in [0.1, 0.15) is 5.76 Å². The molecule has 1 aliphatic heterocycles. The van der Waals surface area contributed by atoms with Gasteiger partial charge in [-0.15, -0.1) is 0 Å². The highest BCUT2D eigenvalue weighted by molar-refractivity contribution is 5.82. The van der Waals surface area contributed by atoms with Gasteiger partial charge in [0.25, 0.3) is 11.6 Å². The highest BCUT2D eigenvalue weighted by Gasteiger charge is 2.16. The van der Waals surface area contributed by atoms with Gasteiger partial charge < -0.3 is 13.9 Å². The summed E-state index contributed by atoms with van der Waals surface area (Å²) in [7, 11) is 1.43. The lowest BCUT2D eigenvalue weighted by Crippen LogP contribution is -2.42. The Kier molecular flexibility index (Phi) is 6.35. The van der Waals surface area contributed by atoms with E-state index in [0.29, 0.717) is 36.0 Å². The molecule has 0 aliphatic carbocycles. The molecule has 0 atom stereocenters. The number of nitrogens with one attached hydrogen (secondary N) is 1. The number of hydrazone groups is 1. The Labute approximate surface area is 160 Å². The predicted octanol–water partition coefficient (Wildman–Crippen LogP) is 1.65. The van der Waals surface area contributed by atoms with Crippen molar-refractivity contribution in [3.63, 3.8) is 0 Å². The molecule has 1 amide bonds. The summed E-state index contributed by atoms with van der Waals surface area (Å²) in [5.74, 6) is 0.989. The zero-order valence-electron chi connectivity index (χ0n) is 15.3. The molecule has 0 bridgehead atoms. The first-order valence-electron chi connectivity index (χ1n) is 8.61. The number of nitro benzene ring substituents is 1. The van der Waals surface area contributed by atoms with Gasteiger partial charge in [0.15, 0.2) is 0 Å². The Morgan fingerprint density at radius 2 is 2.14 bits per heavy atom. The van der Waals surface area contributed by atoms with Gasteiger partial charge in [0.2, 0.25) is 0 Å². The number of furan rings is 1. The molecule has 3 rings (SSSR count). The molecule has 10 nitrogen and oxygen atoms in total. The minimum Gasteiger partial charge on any atom is -0.496 e. The van der Waals surface area contributed by atoms with Gasteiger partial charge in [-0.3, -0.25) is 19.8 Å². The zero-order valence-corrected chi connectivity index (χ0v) is 15.3. The number of non-ortho nitro benzene ring substituents is 1. The molecule has 1 aliphatic rings. The highest BCUT2D eigenvalue weighted by Crippen LogP contribution is 2.33. The molecule has 2 aromatic rings. The number of nitrogens with zero attached hydrogens (tertiary/aromatic N) is 3. The van der Waals surface area contributed by atoms with Crippen LogP contribution < -0.4 is 10.2 Å². The van der Waals surface area contributed by atoms with Crippen molar-refractivity contribution in [2.45, 2.75) is 0 Å². The summed E-state index contributed by atoms with van der Waals surface area (Å²) >= 11 is 0. The lowest BCUT2D eigenvalue weighted by Gasteiger charge is -2.25. The van der Waals surface area contributed by atoms with Crippen molar-refractivity contribution < 1.29 is 23.6 Å². The summed E-state index contributed by atoms with van der Waals surface area (Å²) in [4.78, 5) is 24.3. The molecule has 2 heterocycles. The molecule has 28 heavy (non-hydrogen) atoms. The third-order valence-corrected chi connectivity index (χ3v) is 4.14. The molecule has 0 unspecified atom stereocenters. The summed E-state index contributed by atoms with van der Waals surface area (Å²) in [6, 6.07) is 7.63.